The predicted molar refractivity (Wildman–Crippen MR) is 102 cm³/mol. The van der Waals surface area contributed by atoms with Crippen LogP contribution in [0, 0.1) is 0 Å². The molecular weight excluding hydrogens is 363 g/mol. The zero-order chi connectivity index (χ0) is 19.2. The van der Waals surface area contributed by atoms with Gasteiger partial charge in [-0.05, 0) is 6.42 Å². The molecule has 0 aromatic rings. The largest absolute Gasteiger partial charge is 1.00 e. The molecule has 0 heterocycles. The first-order valence-electron chi connectivity index (χ1n) is 9.93. The van der Waals surface area contributed by atoms with Gasteiger partial charge in [-0.15, -0.1) is 0 Å². The van der Waals surface area contributed by atoms with Crippen molar-refractivity contribution >= 4 is 16.7 Å². The number of hydrogen-bond acceptors (Lipinski definition) is 5. The van der Waals surface area contributed by atoms with E-state index in [9.17, 15) is 17.8 Å². The van der Waals surface area contributed by atoms with Gasteiger partial charge in [0.05, 0.1) is 7.11 Å². The van der Waals surface area contributed by atoms with E-state index in [0.717, 1.165) is 26.2 Å². The summed E-state index contributed by atoms with van der Waals surface area (Å²) < 4.78 is 31.0. The smallest absolute Gasteiger partial charge is 0.726 e. The molecule has 152 valence electrons. The number of unbranched alkanes of at least 4 members (excludes halogenated alkanes) is 15. The van der Waals surface area contributed by atoms with Crippen molar-refractivity contribution in [2.45, 2.75) is 110 Å². The molecule has 0 saturated heterocycles. The molecule has 0 aliphatic rings. The Balaban J connectivity index is -0.000000649. The van der Waals surface area contributed by atoms with E-state index in [1.807, 2.05) is 0 Å². The molecule has 0 atom stereocenters. The van der Waals surface area contributed by atoms with Crippen LogP contribution < -0.4 is 29.6 Å². The molecule has 0 aromatic carbocycles. The number of carbonyl (C=O) groups excluding carboxylic acids is 1. The van der Waals surface area contributed by atoms with Crippen LogP contribution in [-0.2, 0) is 19.4 Å². The van der Waals surface area contributed by atoms with Gasteiger partial charge in [0.1, 0.15) is 6.29 Å². The standard InChI is InChI=1S/C18H36O.CH4O4S.Na/c1-2-3-4-5-6-7-8-9-10-11-12-13-14-15-16-17-18-19;1-5-6(2,3)4;/h18H,2-17H2,1H3;1H3,(H,2,3,4);/q;;+1/p-1. The Kier molecular flexibility index (Phi) is 30.7. The van der Waals surface area contributed by atoms with Gasteiger partial charge in [0.15, 0.2) is 0 Å². The summed E-state index contributed by atoms with van der Waals surface area (Å²) in [5, 5.41) is 0. The van der Waals surface area contributed by atoms with Gasteiger partial charge in [-0.2, -0.15) is 0 Å². The van der Waals surface area contributed by atoms with Gasteiger partial charge in [0.25, 0.3) is 0 Å². The Labute approximate surface area is 184 Å². The molecule has 5 nitrogen and oxygen atoms in total. The average molecular weight is 403 g/mol. The van der Waals surface area contributed by atoms with E-state index in [-0.39, 0.29) is 29.6 Å². The van der Waals surface area contributed by atoms with Gasteiger partial charge in [-0.25, -0.2) is 8.42 Å². The van der Waals surface area contributed by atoms with Gasteiger partial charge in [-0.3, -0.25) is 4.18 Å². The van der Waals surface area contributed by atoms with Crippen LogP contribution in [0.3, 0.4) is 0 Å². The number of carbonyl (C=O) groups is 1. The van der Waals surface area contributed by atoms with Gasteiger partial charge in [0, 0.05) is 6.42 Å². The number of aldehydes is 1. The van der Waals surface area contributed by atoms with E-state index in [1.54, 1.807) is 0 Å². The van der Waals surface area contributed by atoms with E-state index in [4.69, 9.17) is 0 Å². The van der Waals surface area contributed by atoms with E-state index in [1.165, 1.54) is 89.9 Å². The van der Waals surface area contributed by atoms with Crippen LogP contribution in [0.5, 0.6) is 0 Å². The first-order valence-corrected chi connectivity index (χ1v) is 11.3. The molecule has 7 heteroatoms. The van der Waals surface area contributed by atoms with E-state index in [0.29, 0.717) is 0 Å². The molecule has 0 N–H and O–H groups in total. The third-order valence-electron chi connectivity index (χ3n) is 4.13. The maximum atomic E-state index is 10.1. The maximum absolute atomic E-state index is 10.1. The Bertz CT molecular complexity index is 361. The zero-order valence-corrected chi connectivity index (χ0v) is 20.2. The van der Waals surface area contributed by atoms with Crippen LogP contribution in [0.4, 0.5) is 0 Å². The second-order valence-electron chi connectivity index (χ2n) is 6.48. The summed E-state index contributed by atoms with van der Waals surface area (Å²) in [4.78, 5) is 10.1. The first kappa shape index (κ1) is 31.2. The van der Waals surface area contributed by atoms with Crippen molar-refractivity contribution in [3.63, 3.8) is 0 Å². The Morgan fingerprint density at radius 2 is 1.00 bits per heavy atom. The topological polar surface area (TPSA) is 83.5 Å². The van der Waals surface area contributed by atoms with Gasteiger partial charge < -0.3 is 9.35 Å². The minimum absolute atomic E-state index is 0. The van der Waals surface area contributed by atoms with Crippen molar-refractivity contribution in [1.29, 1.82) is 0 Å². The second-order valence-corrected chi connectivity index (χ2v) is 7.63. The average Bonchev–Trinajstić information content (AvgIpc) is 2.58. The second kappa shape index (κ2) is 25.5. The molecule has 0 radical (unpaired) electrons. The van der Waals surface area contributed by atoms with E-state index in [2.05, 4.69) is 11.1 Å². The Morgan fingerprint density at radius 1 is 0.731 bits per heavy atom. The van der Waals surface area contributed by atoms with Gasteiger partial charge in [-0.1, -0.05) is 96.8 Å². The molecule has 0 aliphatic carbocycles. The summed E-state index contributed by atoms with van der Waals surface area (Å²) in [5.74, 6) is 0. The molecule has 26 heavy (non-hydrogen) atoms. The summed E-state index contributed by atoms with van der Waals surface area (Å²) in [6.45, 7) is 2.28. The fourth-order valence-corrected chi connectivity index (χ4v) is 2.60. The fourth-order valence-electron chi connectivity index (χ4n) is 2.60. The Morgan fingerprint density at radius 3 is 1.23 bits per heavy atom. The summed E-state index contributed by atoms with van der Waals surface area (Å²) >= 11 is 0. The van der Waals surface area contributed by atoms with Crippen molar-refractivity contribution in [2.24, 2.45) is 0 Å². The van der Waals surface area contributed by atoms with Crippen LogP contribution >= 0.6 is 0 Å². The minimum atomic E-state index is -4.41. The first-order chi connectivity index (χ1) is 12.0. The van der Waals surface area contributed by atoms with Gasteiger partial charge in [0.2, 0.25) is 10.4 Å². The maximum Gasteiger partial charge on any atom is 1.00 e. The van der Waals surface area contributed by atoms with E-state index >= 15 is 0 Å². The number of rotatable bonds is 17. The fraction of sp³-hybridized carbons (Fsp3) is 0.947. The molecule has 0 unspecified atom stereocenters. The van der Waals surface area contributed by atoms with Crippen molar-refractivity contribution in [3.8, 4) is 0 Å². The molecule has 0 bridgehead atoms. The third kappa shape index (κ3) is 35.6. The molecule has 0 aliphatic heterocycles. The molecule has 0 aromatic heterocycles. The molecule has 0 amide bonds. The van der Waals surface area contributed by atoms with Crippen molar-refractivity contribution in [2.75, 3.05) is 7.11 Å². The SMILES string of the molecule is CCCCCCCCCCCCCCCCCC=O.COS(=O)(=O)[O-].[Na+]. The summed E-state index contributed by atoms with van der Waals surface area (Å²) in [6, 6.07) is 0. The van der Waals surface area contributed by atoms with Crippen molar-refractivity contribution < 1.29 is 51.5 Å². The Hall–Kier alpha value is 0.540. The number of hydrogen-bond donors (Lipinski definition) is 0. The molecule has 0 rings (SSSR count). The monoisotopic (exact) mass is 402 g/mol. The summed E-state index contributed by atoms with van der Waals surface area (Å²) in [5.41, 5.74) is 0. The van der Waals surface area contributed by atoms with Crippen LogP contribution in [0.25, 0.3) is 0 Å². The third-order valence-corrected chi connectivity index (χ3v) is 4.54. The van der Waals surface area contributed by atoms with Crippen LogP contribution in [0.15, 0.2) is 0 Å². The summed E-state index contributed by atoms with van der Waals surface area (Å²) in [7, 11) is -3.60. The van der Waals surface area contributed by atoms with Crippen LogP contribution in [0.2, 0.25) is 0 Å². The molecular formula is C19H39NaO5S. The van der Waals surface area contributed by atoms with E-state index < -0.39 is 10.4 Å². The van der Waals surface area contributed by atoms with Crippen LogP contribution in [0.1, 0.15) is 110 Å². The van der Waals surface area contributed by atoms with Crippen molar-refractivity contribution in [3.05, 3.63) is 0 Å². The molecule has 0 spiro atoms. The zero-order valence-electron chi connectivity index (χ0n) is 17.3. The normalized spacial score (nSPS) is 10.6. The predicted octanol–water partition coefficient (Wildman–Crippen LogP) is 2.54. The van der Waals surface area contributed by atoms with Crippen molar-refractivity contribution in [1.82, 2.24) is 0 Å². The quantitative estimate of drug-likeness (QED) is 0.123. The van der Waals surface area contributed by atoms with Crippen LogP contribution in [-0.4, -0.2) is 26.4 Å². The minimum Gasteiger partial charge on any atom is -0.726 e. The van der Waals surface area contributed by atoms with Gasteiger partial charge >= 0.3 is 29.6 Å². The molecule has 0 fully saturated rings. The summed E-state index contributed by atoms with van der Waals surface area (Å²) in [6.07, 6.45) is 22.6. The molecule has 0 saturated carbocycles.